The van der Waals surface area contributed by atoms with E-state index in [0.717, 1.165) is 36.5 Å². The summed E-state index contributed by atoms with van der Waals surface area (Å²) in [7, 11) is 0. The van der Waals surface area contributed by atoms with Crippen LogP contribution in [-0.2, 0) is 11.3 Å². The van der Waals surface area contributed by atoms with Crippen LogP contribution in [0.2, 0.25) is 0 Å². The summed E-state index contributed by atoms with van der Waals surface area (Å²) in [6.07, 6.45) is 0.877. The molecule has 0 spiro atoms. The van der Waals surface area contributed by atoms with Crippen molar-refractivity contribution in [3.8, 4) is 11.3 Å². The maximum atomic E-state index is 14.4. The molecule has 4 nitrogen and oxygen atoms in total. The molecule has 0 aliphatic carbocycles. The van der Waals surface area contributed by atoms with E-state index >= 15 is 0 Å². The standard InChI is InChI=1S/C18H20FN3O/c1-14-3-2-4-18(20-14)15-5-6-16(17(19)11-15)12-21-7-9-22(13-23)10-8-21/h2-6,11,13H,7-10,12H2,1H3. The van der Waals surface area contributed by atoms with Crippen molar-refractivity contribution < 1.29 is 9.18 Å². The highest BCUT2D eigenvalue weighted by Crippen LogP contribution is 2.21. The van der Waals surface area contributed by atoms with Crippen LogP contribution in [0.4, 0.5) is 4.39 Å². The van der Waals surface area contributed by atoms with Crippen LogP contribution in [0.15, 0.2) is 36.4 Å². The Labute approximate surface area is 135 Å². The summed E-state index contributed by atoms with van der Waals surface area (Å²) >= 11 is 0. The highest BCUT2D eigenvalue weighted by atomic mass is 19.1. The molecule has 1 fully saturated rings. The van der Waals surface area contributed by atoms with Crippen molar-refractivity contribution in [2.45, 2.75) is 13.5 Å². The first-order valence-corrected chi connectivity index (χ1v) is 7.80. The largest absolute Gasteiger partial charge is 0.343 e. The number of halogens is 1. The van der Waals surface area contributed by atoms with Gasteiger partial charge in [0.2, 0.25) is 6.41 Å². The molecule has 0 atom stereocenters. The SMILES string of the molecule is Cc1cccc(-c2ccc(CN3CCN(C=O)CC3)c(F)c2)n1. The van der Waals surface area contributed by atoms with Crippen molar-refractivity contribution in [1.82, 2.24) is 14.8 Å². The third kappa shape index (κ3) is 3.74. The maximum absolute atomic E-state index is 14.4. The third-order valence-electron chi connectivity index (χ3n) is 4.19. The average Bonchev–Trinajstić information content (AvgIpc) is 2.57. The minimum Gasteiger partial charge on any atom is -0.343 e. The van der Waals surface area contributed by atoms with Gasteiger partial charge in [-0.1, -0.05) is 18.2 Å². The van der Waals surface area contributed by atoms with Crippen molar-refractivity contribution in [3.63, 3.8) is 0 Å². The molecule has 1 aliphatic rings. The zero-order chi connectivity index (χ0) is 16.2. The van der Waals surface area contributed by atoms with Crippen LogP contribution >= 0.6 is 0 Å². The molecule has 0 bridgehead atoms. The first-order chi connectivity index (χ1) is 11.2. The number of rotatable bonds is 4. The van der Waals surface area contributed by atoms with E-state index in [2.05, 4.69) is 9.88 Å². The van der Waals surface area contributed by atoms with Crippen molar-refractivity contribution in [3.05, 3.63) is 53.5 Å². The van der Waals surface area contributed by atoms with E-state index in [0.29, 0.717) is 25.2 Å². The molecule has 3 rings (SSSR count). The quantitative estimate of drug-likeness (QED) is 0.814. The number of hydrogen-bond donors (Lipinski definition) is 0. The molecule has 1 amide bonds. The number of pyridine rings is 1. The zero-order valence-corrected chi connectivity index (χ0v) is 13.2. The highest BCUT2D eigenvalue weighted by Gasteiger charge is 2.17. The summed E-state index contributed by atoms with van der Waals surface area (Å²) in [5, 5.41) is 0. The number of hydrogen-bond acceptors (Lipinski definition) is 3. The van der Waals surface area contributed by atoms with Crippen LogP contribution < -0.4 is 0 Å². The van der Waals surface area contributed by atoms with Crippen molar-refractivity contribution in [2.75, 3.05) is 26.2 Å². The number of benzene rings is 1. The molecule has 1 aliphatic heterocycles. The molecule has 1 aromatic heterocycles. The van der Waals surface area contributed by atoms with Crippen molar-refractivity contribution >= 4 is 6.41 Å². The molecule has 2 aromatic rings. The molecule has 5 heteroatoms. The van der Waals surface area contributed by atoms with Gasteiger partial charge in [0.05, 0.1) is 5.69 Å². The topological polar surface area (TPSA) is 36.4 Å². The molecule has 0 saturated carbocycles. The summed E-state index contributed by atoms with van der Waals surface area (Å²) in [6.45, 7) is 5.46. The van der Waals surface area contributed by atoms with Gasteiger partial charge in [-0.25, -0.2) is 4.39 Å². The molecule has 1 aromatic carbocycles. The first-order valence-electron chi connectivity index (χ1n) is 7.80. The number of nitrogens with zero attached hydrogens (tertiary/aromatic N) is 3. The molecule has 0 radical (unpaired) electrons. The number of carbonyl (C=O) groups excluding carboxylic acids is 1. The van der Waals surface area contributed by atoms with Gasteiger partial charge in [-0.3, -0.25) is 14.7 Å². The first kappa shape index (κ1) is 15.6. The van der Waals surface area contributed by atoms with E-state index in [1.807, 2.05) is 37.3 Å². The van der Waals surface area contributed by atoms with Crippen LogP contribution in [0.1, 0.15) is 11.3 Å². The normalized spacial score (nSPS) is 15.7. The van der Waals surface area contributed by atoms with Gasteiger partial charge in [0.15, 0.2) is 0 Å². The number of aryl methyl sites for hydroxylation is 1. The summed E-state index contributed by atoms with van der Waals surface area (Å²) in [5.41, 5.74) is 3.18. The van der Waals surface area contributed by atoms with E-state index < -0.39 is 0 Å². The fourth-order valence-corrected chi connectivity index (χ4v) is 2.81. The van der Waals surface area contributed by atoms with Crippen molar-refractivity contribution in [2.24, 2.45) is 0 Å². The van der Waals surface area contributed by atoms with Crippen LogP contribution in [-0.4, -0.2) is 47.4 Å². The van der Waals surface area contributed by atoms with E-state index in [1.165, 1.54) is 0 Å². The van der Waals surface area contributed by atoms with Gasteiger partial charge >= 0.3 is 0 Å². The fourth-order valence-electron chi connectivity index (χ4n) is 2.81. The van der Waals surface area contributed by atoms with Gasteiger partial charge in [0.1, 0.15) is 5.82 Å². The number of aromatic nitrogens is 1. The predicted molar refractivity (Wildman–Crippen MR) is 87.3 cm³/mol. The molecular weight excluding hydrogens is 293 g/mol. The van der Waals surface area contributed by atoms with Crippen LogP contribution in [0.25, 0.3) is 11.3 Å². The second kappa shape index (κ2) is 6.87. The van der Waals surface area contributed by atoms with E-state index in [1.54, 1.807) is 11.0 Å². The molecule has 23 heavy (non-hydrogen) atoms. The molecule has 120 valence electrons. The smallest absolute Gasteiger partial charge is 0.209 e. The second-order valence-corrected chi connectivity index (χ2v) is 5.89. The number of piperazine rings is 1. The fraction of sp³-hybridized carbons (Fsp3) is 0.333. The number of amides is 1. The van der Waals surface area contributed by atoms with Gasteiger partial charge in [0.25, 0.3) is 0 Å². The summed E-state index contributed by atoms with van der Waals surface area (Å²) < 4.78 is 14.4. The average molecular weight is 313 g/mol. The van der Waals surface area contributed by atoms with Gasteiger partial charge < -0.3 is 4.90 Å². The lowest BCUT2D eigenvalue weighted by Gasteiger charge is -2.32. The second-order valence-electron chi connectivity index (χ2n) is 5.89. The Kier molecular flexibility index (Phi) is 4.67. The monoisotopic (exact) mass is 313 g/mol. The van der Waals surface area contributed by atoms with E-state index in [-0.39, 0.29) is 5.82 Å². The van der Waals surface area contributed by atoms with Crippen LogP contribution in [0.3, 0.4) is 0 Å². The molecular formula is C18H20FN3O. The van der Waals surface area contributed by atoms with Gasteiger partial charge in [-0.05, 0) is 25.1 Å². The lowest BCUT2D eigenvalue weighted by atomic mass is 10.1. The Bertz CT molecular complexity index is 696. The van der Waals surface area contributed by atoms with E-state index in [4.69, 9.17) is 0 Å². The molecule has 1 saturated heterocycles. The Balaban J connectivity index is 1.71. The lowest BCUT2D eigenvalue weighted by molar-refractivity contribution is -0.119. The summed E-state index contributed by atoms with van der Waals surface area (Å²) in [6, 6.07) is 11.0. The Morgan fingerprint density at radius 2 is 1.96 bits per heavy atom. The molecule has 0 unspecified atom stereocenters. The van der Waals surface area contributed by atoms with Gasteiger partial charge in [0, 0.05) is 49.5 Å². The van der Waals surface area contributed by atoms with Gasteiger partial charge in [-0.15, -0.1) is 0 Å². The minimum atomic E-state index is -0.205. The molecule has 0 N–H and O–H groups in total. The third-order valence-corrected chi connectivity index (χ3v) is 4.19. The number of carbonyl (C=O) groups is 1. The lowest BCUT2D eigenvalue weighted by Crippen LogP contribution is -2.45. The predicted octanol–water partition coefficient (Wildman–Crippen LogP) is 2.47. The van der Waals surface area contributed by atoms with Gasteiger partial charge in [-0.2, -0.15) is 0 Å². The Morgan fingerprint density at radius 1 is 1.17 bits per heavy atom. The Morgan fingerprint density at radius 3 is 2.61 bits per heavy atom. The summed E-state index contributed by atoms with van der Waals surface area (Å²) in [5.74, 6) is -0.205. The Hall–Kier alpha value is -2.27. The maximum Gasteiger partial charge on any atom is 0.209 e. The molecule has 2 heterocycles. The van der Waals surface area contributed by atoms with Crippen molar-refractivity contribution in [1.29, 1.82) is 0 Å². The minimum absolute atomic E-state index is 0.205. The van der Waals surface area contributed by atoms with Crippen LogP contribution in [0.5, 0.6) is 0 Å². The highest BCUT2D eigenvalue weighted by molar-refractivity contribution is 5.59. The van der Waals surface area contributed by atoms with Crippen LogP contribution in [0, 0.1) is 12.7 Å². The summed E-state index contributed by atoms with van der Waals surface area (Å²) in [4.78, 5) is 19.1. The zero-order valence-electron chi connectivity index (χ0n) is 13.2. The van der Waals surface area contributed by atoms with E-state index in [9.17, 15) is 9.18 Å².